The summed E-state index contributed by atoms with van der Waals surface area (Å²) >= 11 is 5.75. The van der Waals surface area contributed by atoms with Crippen molar-refractivity contribution in [3.8, 4) is 0 Å². The van der Waals surface area contributed by atoms with Gasteiger partial charge in [0.1, 0.15) is 5.76 Å². The maximum atomic E-state index is 11.6. The molecule has 0 radical (unpaired) electrons. The molecule has 4 nitrogen and oxygen atoms in total. The van der Waals surface area contributed by atoms with Gasteiger partial charge in [-0.05, 0) is 31.2 Å². The maximum absolute atomic E-state index is 11.6. The third kappa shape index (κ3) is 2.28. The first-order chi connectivity index (χ1) is 8.49. The summed E-state index contributed by atoms with van der Waals surface area (Å²) < 4.78 is 5.25. The number of allylic oxidation sites excluding steroid dienone is 1. The molecule has 1 aromatic carbocycles. The fraction of sp³-hybridized carbons (Fsp3) is 0.0769. The molecule has 0 atom stereocenters. The fourth-order valence-electron chi connectivity index (χ4n) is 1.48. The zero-order valence-corrected chi connectivity index (χ0v) is 10.2. The number of halogens is 1. The minimum absolute atomic E-state index is 0.208. The minimum Gasteiger partial charge on any atom is -0.545 e. The SMILES string of the molecule is CC(C(=O)[O-])=C1OC(c2ccc(Cl)cc2)=CC1=O. The first-order valence-electron chi connectivity index (χ1n) is 5.11. The lowest BCUT2D eigenvalue weighted by Crippen LogP contribution is -2.25. The van der Waals surface area contributed by atoms with Crippen LogP contribution in [0.25, 0.3) is 5.76 Å². The largest absolute Gasteiger partial charge is 0.545 e. The first kappa shape index (κ1) is 12.4. The number of carboxylic acids is 1. The van der Waals surface area contributed by atoms with Crippen LogP contribution in [0.1, 0.15) is 12.5 Å². The van der Waals surface area contributed by atoms with E-state index in [-0.39, 0.29) is 11.3 Å². The maximum Gasteiger partial charge on any atom is 0.225 e. The summed E-state index contributed by atoms with van der Waals surface area (Å²) in [4.78, 5) is 22.3. The molecular weight excluding hydrogens is 256 g/mol. The van der Waals surface area contributed by atoms with E-state index in [9.17, 15) is 14.7 Å². The van der Waals surface area contributed by atoms with Crippen molar-refractivity contribution in [1.29, 1.82) is 0 Å². The molecule has 92 valence electrons. The predicted molar refractivity (Wildman–Crippen MR) is 63.2 cm³/mol. The highest BCUT2D eigenvalue weighted by atomic mass is 35.5. The van der Waals surface area contributed by atoms with Gasteiger partial charge in [0.15, 0.2) is 5.76 Å². The fourth-order valence-corrected chi connectivity index (χ4v) is 1.61. The molecule has 5 heteroatoms. The highest BCUT2D eigenvalue weighted by Gasteiger charge is 2.24. The van der Waals surface area contributed by atoms with Gasteiger partial charge in [0.2, 0.25) is 5.78 Å². The number of aliphatic carboxylic acids is 1. The monoisotopic (exact) mass is 263 g/mol. The number of benzene rings is 1. The van der Waals surface area contributed by atoms with Gasteiger partial charge in [-0.15, -0.1) is 0 Å². The predicted octanol–water partition coefficient (Wildman–Crippen LogP) is 1.30. The van der Waals surface area contributed by atoms with Gasteiger partial charge < -0.3 is 14.6 Å². The number of carbonyl (C=O) groups excluding carboxylic acids is 2. The second-order valence-electron chi connectivity index (χ2n) is 3.72. The Morgan fingerprint density at radius 2 is 1.89 bits per heavy atom. The van der Waals surface area contributed by atoms with Crippen molar-refractivity contribution >= 4 is 29.1 Å². The van der Waals surface area contributed by atoms with Crippen LogP contribution in [-0.2, 0) is 14.3 Å². The standard InChI is InChI=1S/C13H9ClO4/c1-7(13(16)17)12-10(15)6-11(18-12)8-2-4-9(14)5-3-8/h2-6H,1H3,(H,16,17)/p-1. The van der Waals surface area contributed by atoms with E-state index in [1.165, 1.54) is 13.0 Å². The Balaban J connectivity index is 2.33. The van der Waals surface area contributed by atoms with Gasteiger partial charge >= 0.3 is 0 Å². The van der Waals surface area contributed by atoms with Crippen molar-refractivity contribution in [1.82, 2.24) is 0 Å². The van der Waals surface area contributed by atoms with E-state index >= 15 is 0 Å². The average Bonchev–Trinajstić information content (AvgIpc) is 2.71. The van der Waals surface area contributed by atoms with Crippen LogP contribution in [0.4, 0.5) is 0 Å². The van der Waals surface area contributed by atoms with E-state index in [2.05, 4.69) is 0 Å². The van der Waals surface area contributed by atoms with Gasteiger partial charge in [-0.2, -0.15) is 0 Å². The second kappa shape index (κ2) is 4.66. The van der Waals surface area contributed by atoms with Crippen LogP contribution in [0.15, 0.2) is 41.7 Å². The zero-order chi connectivity index (χ0) is 13.3. The Morgan fingerprint density at radius 1 is 1.28 bits per heavy atom. The number of carboxylic acid groups (broad SMARTS) is 1. The summed E-state index contributed by atoms with van der Waals surface area (Å²) in [6, 6.07) is 6.66. The van der Waals surface area contributed by atoms with Crippen molar-refractivity contribution in [3.63, 3.8) is 0 Å². The number of ether oxygens (including phenoxy) is 1. The number of rotatable bonds is 2. The Hall–Kier alpha value is -2.07. The average molecular weight is 264 g/mol. The molecule has 0 aliphatic carbocycles. The lowest BCUT2D eigenvalue weighted by Gasteiger charge is -2.08. The molecule has 0 aromatic heterocycles. The summed E-state index contributed by atoms with van der Waals surface area (Å²) in [5, 5.41) is 11.2. The summed E-state index contributed by atoms with van der Waals surface area (Å²) in [6.07, 6.45) is 1.24. The molecule has 0 fully saturated rings. The molecule has 2 rings (SSSR count). The smallest absolute Gasteiger partial charge is 0.225 e. The van der Waals surface area contributed by atoms with Crippen LogP contribution in [-0.4, -0.2) is 11.8 Å². The zero-order valence-electron chi connectivity index (χ0n) is 9.40. The van der Waals surface area contributed by atoms with Crippen molar-refractivity contribution < 1.29 is 19.4 Å². The second-order valence-corrected chi connectivity index (χ2v) is 4.16. The molecule has 0 bridgehead atoms. The molecule has 1 aliphatic heterocycles. The van der Waals surface area contributed by atoms with Crippen molar-refractivity contribution in [3.05, 3.63) is 52.3 Å². The molecule has 0 saturated heterocycles. The lowest BCUT2D eigenvalue weighted by atomic mass is 10.1. The Morgan fingerprint density at radius 3 is 2.44 bits per heavy atom. The topological polar surface area (TPSA) is 66.4 Å². The molecule has 18 heavy (non-hydrogen) atoms. The lowest BCUT2D eigenvalue weighted by molar-refractivity contribution is -0.299. The summed E-state index contributed by atoms with van der Waals surface area (Å²) in [5.74, 6) is -1.82. The van der Waals surface area contributed by atoms with E-state index in [1.54, 1.807) is 24.3 Å². The third-order valence-electron chi connectivity index (χ3n) is 2.47. The van der Waals surface area contributed by atoms with Crippen LogP contribution >= 0.6 is 11.6 Å². The summed E-state index contributed by atoms with van der Waals surface area (Å²) in [5.41, 5.74) is 0.425. The van der Waals surface area contributed by atoms with E-state index in [4.69, 9.17) is 16.3 Å². The molecule has 1 aliphatic rings. The van der Waals surface area contributed by atoms with Crippen LogP contribution < -0.4 is 5.11 Å². The van der Waals surface area contributed by atoms with E-state index < -0.39 is 11.8 Å². The molecule has 1 heterocycles. The molecule has 1 aromatic rings. The third-order valence-corrected chi connectivity index (χ3v) is 2.73. The first-order valence-corrected chi connectivity index (χ1v) is 5.49. The van der Waals surface area contributed by atoms with Crippen LogP contribution in [0.3, 0.4) is 0 Å². The van der Waals surface area contributed by atoms with Crippen LogP contribution in [0.2, 0.25) is 5.02 Å². The Labute approximate surface area is 108 Å². The Kier molecular flexibility index (Phi) is 3.21. The summed E-state index contributed by atoms with van der Waals surface area (Å²) in [7, 11) is 0. The van der Waals surface area contributed by atoms with E-state index in [0.717, 1.165) is 0 Å². The van der Waals surface area contributed by atoms with Crippen molar-refractivity contribution in [2.24, 2.45) is 0 Å². The summed E-state index contributed by atoms with van der Waals surface area (Å²) in [6.45, 7) is 1.27. The molecule has 0 N–H and O–H groups in total. The van der Waals surface area contributed by atoms with E-state index in [0.29, 0.717) is 16.3 Å². The number of ketones is 1. The van der Waals surface area contributed by atoms with Crippen molar-refractivity contribution in [2.45, 2.75) is 6.92 Å². The highest BCUT2D eigenvalue weighted by molar-refractivity contribution is 6.30. The van der Waals surface area contributed by atoms with Gasteiger partial charge in [0.05, 0.1) is 5.97 Å². The number of hydrogen-bond donors (Lipinski definition) is 0. The molecule has 0 spiro atoms. The van der Waals surface area contributed by atoms with Crippen LogP contribution in [0.5, 0.6) is 0 Å². The number of hydrogen-bond acceptors (Lipinski definition) is 4. The number of carbonyl (C=O) groups is 2. The highest BCUT2D eigenvalue weighted by Crippen LogP contribution is 2.28. The van der Waals surface area contributed by atoms with Crippen molar-refractivity contribution in [2.75, 3.05) is 0 Å². The van der Waals surface area contributed by atoms with Gasteiger partial charge in [0, 0.05) is 22.2 Å². The normalized spacial score (nSPS) is 17.2. The molecule has 0 amide bonds. The van der Waals surface area contributed by atoms with Crippen LogP contribution in [0, 0.1) is 0 Å². The van der Waals surface area contributed by atoms with E-state index in [1.807, 2.05) is 0 Å². The van der Waals surface area contributed by atoms with Gasteiger partial charge in [-0.3, -0.25) is 4.79 Å². The van der Waals surface area contributed by atoms with Gasteiger partial charge in [-0.1, -0.05) is 11.6 Å². The minimum atomic E-state index is -1.43. The quantitative estimate of drug-likeness (QED) is 0.755. The van der Waals surface area contributed by atoms with Gasteiger partial charge in [-0.25, -0.2) is 0 Å². The van der Waals surface area contributed by atoms with Gasteiger partial charge in [0.25, 0.3) is 0 Å². The molecule has 0 unspecified atom stereocenters. The Bertz CT molecular complexity index is 582. The molecular formula is C13H8ClO4-. The molecule has 0 saturated carbocycles.